The molecule has 3 nitrogen and oxygen atoms in total. The third-order valence-electron chi connectivity index (χ3n) is 2.18. The maximum absolute atomic E-state index is 12.8. The van der Waals surface area contributed by atoms with E-state index in [9.17, 15) is 31.1 Å². The molecule has 0 unspecified atom stereocenters. The molecule has 0 spiro atoms. The van der Waals surface area contributed by atoms with E-state index in [4.69, 9.17) is 0 Å². The van der Waals surface area contributed by atoms with E-state index in [1.807, 2.05) is 0 Å². The molecule has 0 saturated heterocycles. The van der Waals surface area contributed by atoms with Crippen LogP contribution in [0.15, 0.2) is 18.2 Å². The van der Waals surface area contributed by atoms with Gasteiger partial charge >= 0.3 is 18.5 Å². The number of methoxy groups -OCH3 is 1. The third-order valence-corrected chi connectivity index (χ3v) is 2.18. The lowest BCUT2D eigenvalue weighted by Gasteiger charge is -2.18. The molecular weight excluding hydrogens is 294 g/mol. The van der Waals surface area contributed by atoms with Gasteiger partial charge in [0.05, 0.1) is 13.5 Å². The molecule has 0 bridgehead atoms. The zero-order valence-corrected chi connectivity index (χ0v) is 9.93. The maximum Gasteiger partial charge on any atom is 0.573 e. The van der Waals surface area contributed by atoms with Crippen LogP contribution in [0.4, 0.5) is 26.3 Å². The van der Waals surface area contributed by atoms with Crippen molar-refractivity contribution in [1.29, 1.82) is 0 Å². The van der Waals surface area contributed by atoms with Crippen LogP contribution in [0.3, 0.4) is 0 Å². The molecule has 20 heavy (non-hydrogen) atoms. The zero-order chi connectivity index (χ0) is 15.6. The molecular formula is C11H8F6O3. The number of carbonyl (C=O) groups is 1. The van der Waals surface area contributed by atoms with Crippen molar-refractivity contribution < 1.29 is 40.6 Å². The van der Waals surface area contributed by atoms with Crippen molar-refractivity contribution in [2.24, 2.45) is 0 Å². The first-order valence-corrected chi connectivity index (χ1v) is 5.06. The van der Waals surface area contributed by atoms with E-state index >= 15 is 0 Å². The van der Waals surface area contributed by atoms with E-state index in [-0.39, 0.29) is 0 Å². The number of alkyl halides is 6. The fraction of sp³-hybridized carbons (Fsp3) is 0.364. The molecule has 9 heteroatoms. The Morgan fingerprint density at radius 1 is 1.15 bits per heavy atom. The molecule has 0 fully saturated rings. The van der Waals surface area contributed by atoms with Gasteiger partial charge in [-0.15, -0.1) is 13.2 Å². The number of ether oxygens (including phenoxy) is 2. The molecule has 0 heterocycles. The lowest BCUT2D eigenvalue weighted by atomic mass is 10.0. The first kappa shape index (κ1) is 16.1. The molecule has 0 aliphatic heterocycles. The second-order valence-corrected chi connectivity index (χ2v) is 3.59. The average molecular weight is 302 g/mol. The second-order valence-electron chi connectivity index (χ2n) is 3.59. The molecule has 0 atom stereocenters. The largest absolute Gasteiger partial charge is 0.573 e. The van der Waals surface area contributed by atoms with Gasteiger partial charge in [-0.2, -0.15) is 13.2 Å². The predicted octanol–water partition coefficient (Wildman–Crippen LogP) is 3.32. The maximum atomic E-state index is 12.8. The normalized spacial score (nSPS) is 12.2. The number of hydrogen-bond acceptors (Lipinski definition) is 3. The van der Waals surface area contributed by atoms with Crippen molar-refractivity contribution in [2.75, 3.05) is 7.11 Å². The molecule has 0 radical (unpaired) electrons. The van der Waals surface area contributed by atoms with Crippen LogP contribution in [0.1, 0.15) is 11.1 Å². The Morgan fingerprint density at radius 2 is 1.75 bits per heavy atom. The summed E-state index contributed by atoms with van der Waals surface area (Å²) in [6.07, 6.45) is -11.2. The van der Waals surface area contributed by atoms with Crippen molar-refractivity contribution >= 4 is 5.97 Å². The van der Waals surface area contributed by atoms with Crippen LogP contribution in [-0.2, 0) is 22.1 Å². The monoisotopic (exact) mass is 302 g/mol. The van der Waals surface area contributed by atoms with Crippen molar-refractivity contribution in [1.82, 2.24) is 0 Å². The molecule has 0 saturated carbocycles. The van der Waals surface area contributed by atoms with Crippen molar-refractivity contribution in [3.05, 3.63) is 29.3 Å². The summed E-state index contributed by atoms with van der Waals surface area (Å²) in [5.74, 6) is -2.42. The summed E-state index contributed by atoms with van der Waals surface area (Å²) in [4.78, 5) is 11.0. The highest BCUT2D eigenvalue weighted by Crippen LogP contribution is 2.40. The smallest absolute Gasteiger partial charge is 0.469 e. The van der Waals surface area contributed by atoms with Gasteiger partial charge in [0.25, 0.3) is 0 Å². The first-order valence-electron chi connectivity index (χ1n) is 5.06. The van der Waals surface area contributed by atoms with E-state index < -0.39 is 41.8 Å². The lowest BCUT2D eigenvalue weighted by molar-refractivity contribution is -0.276. The summed E-state index contributed by atoms with van der Waals surface area (Å²) >= 11 is 0. The Bertz CT molecular complexity index is 492. The van der Waals surface area contributed by atoms with Gasteiger partial charge in [-0.05, 0) is 11.6 Å². The zero-order valence-electron chi connectivity index (χ0n) is 9.93. The van der Waals surface area contributed by atoms with E-state index in [0.717, 1.165) is 19.2 Å². The van der Waals surface area contributed by atoms with Gasteiger partial charge in [-0.1, -0.05) is 12.1 Å². The molecule has 1 rings (SSSR count). The topological polar surface area (TPSA) is 35.5 Å². The van der Waals surface area contributed by atoms with Gasteiger partial charge in [0, 0.05) is 0 Å². The Balaban J connectivity index is 3.31. The Labute approximate surface area is 109 Å². The number of hydrogen-bond donors (Lipinski definition) is 0. The molecule has 0 aliphatic carbocycles. The summed E-state index contributed by atoms with van der Waals surface area (Å²) in [5.41, 5.74) is -2.31. The number of carbonyl (C=O) groups excluding carboxylic acids is 1. The van der Waals surface area contributed by atoms with Crippen LogP contribution in [0.25, 0.3) is 0 Å². The number of benzene rings is 1. The van der Waals surface area contributed by atoms with Crippen LogP contribution in [0.5, 0.6) is 5.75 Å². The highest BCUT2D eigenvalue weighted by molar-refractivity contribution is 5.73. The Morgan fingerprint density at radius 3 is 2.20 bits per heavy atom. The molecule has 0 aromatic heterocycles. The minimum absolute atomic E-state index is 0.525. The fourth-order valence-electron chi connectivity index (χ4n) is 1.48. The second kappa shape index (κ2) is 5.59. The Kier molecular flexibility index (Phi) is 4.51. The van der Waals surface area contributed by atoms with Crippen molar-refractivity contribution in [2.45, 2.75) is 19.0 Å². The van der Waals surface area contributed by atoms with E-state index in [1.165, 1.54) is 0 Å². The van der Waals surface area contributed by atoms with Crippen LogP contribution < -0.4 is 4.74 Å². The number of rotatable bonds is 3. The number of esters is 1. The van der Waals surface area contributed by atoms with Crippen molar-refractivity contribution in [3.63, 3.8) is 0 Å². The summed E-state index contributed by atoms with van der Waals surface area (Å²) in [7, 11) is 0.950. The fourth-order valence-corrected chi connectivity index (χ4v) is 1.48. The van der Waals surface area contributed by atoms with E-state index in [2.05, 4.69) is 9.47 Å². The molecule has 0 N–H and O–H groups in total. The van der Waals surface area contributed by atoms with Crippen LogP contribution >= 0.6 is 0 Å². The Hall–Kier alpha value is -1.93. The summed E-state index contributed by atoms with van der Waals surface area (Å²) < 4.78 is 82.3. The summed E-state index contributed by atoms with van der Waals surface area (Å²) in [5, 5.41) is 0. The minimum atomic E-state index is -5.27. The van der Waals surface area contributed by atoms with Gasteiger partial charge in [-0.3, -0.25) is 4.79 Å². The number of halogens is 6. The molecule has 0 aliphatic rings. The molecule has 112 valence electrons. The highest BCUT2D eigenvalue weighted by Gasteiger charge is 2.41. The van der Waals surface area contributed by atoms with E-state index in [1.54, 1.807) is 0 Å². The van der Waals surface area contributed by atoms with Crippen LogP contribution in [-0.4, -0.2) is 19.4 Å². The average Bonchev–Trinajstić information content (AvgIpc) is 2.25. The first-order chi connectivity index (χ1) is 9.04. The van der Waals surface area contributed by atoms with Gasteiger partial charge in [0.2, 0.25) is 0 Å². The summed E-state index contributed by atoms with van der Waals surface area (Å²) in [6, 6.07) is 2.33. The van der Waals surface area contributed by atoms with Crippen molar-refractivity contribution in [3.8, 4) is 5.75 Å². The van der Waals surface area contributed by atoms with Gasteiger partial charge in [-0.25, -0.2) is 0 Å². The highest BCUT2D eigenvalue weighted by atomic mass is 19.4. The minimum Gasteiger partial charge on any atom is -0.469 e. The SMILES string of the molecule is COC(=O)Cc1cccc(OC(F)(F)F)c1C(F)(F)F. The quantitative estimate of drug-likeness (QED) is 0.635. The van der Waals surface area contributed by atoms with Crippen LogP contribution in [0, 0.1) is 0 Å². The lowest BCUT2D eigenvalue weighted by Crippen LogP contribution is -2.22. The van der Waals surface area contributed by atoms with Crippen LogP contribution in [0.2, 0.25) is 0 Å². The summed E-state index contributed by atoms with van der Waals surface area (Å²) in [6.45, 7) is 0. The third kappa shape index (κ3) is 4.32. The molecule has 1 aromatic rings. The molecule has 1 aromatic carbocycles. The van der Waals surface area contributed by atoms with Gasteiger partial charge < -0.3 is 9.47 Å². The molecule has 0 amide bonds. The predicted molar refractivity (Wildman–Crippen MR) is 53.8 cm³/mol. The van der Waals surface area contributed by atoms with Gasteiger partial charge in [0.1, 0.15) is 11.3 Å². The van der Waals surface area contributed by atoms with Gasteiger partial charge in [0.15, 0.2) is 0 Å². The van der Waals surface area contributed by atoms with E-state index in [0.29, 0.717) is 6.07 Å². The standard InChI is InChI=1S/C11H8F6O3/c1-19-8(18)5-6-3-2-4-7(20-11(15,16)17)9(6)10(12,13)14/h2-4H,5H2,1H3.